The minimum Gasteiger partial charge on any atom is -0.479 e. The fraction of sp³-hybridized carbons (Fsp3) is 0.429. The van der Waals surface area contributed by atoms with Gasteiger partial charge in [0.1, 0.15) is 5.60 Å². The first-order valence-electron chi connectivity index (χ1n) is 6.30. The number of alkyl halides is 3. The molecule has 0 saturated heterocycles. The molecule has 1 unspecified atom stereocenters. The molecule has 1 N–H and O–H groups in total. The maximum Gasteiger partial charge on any atom is 0.490 e. The number of rotatable bonds is 3. The summed E-state index contributed by atoms with van der Waals surface area (Å²) >= 11 is 0. The number of carbonyl (C=O) groups excluding carboxylic acids is 1. The molecule has 0 spiro atoms. The fourth-order valence-electron chi connectivity index (χ4n) is 1.70. The predicted octanol–water partition coefficient (Wildman–Crippen LogP) is 3.57. The summed E-state index contributed by atoms with van der Waals surface area (Å²) < 4.78 is 44.3. The Kier molecular flexibility index (Phi) is 5.05. The van der Waals surface area contributed by atoms with Crippen molar-refractivity contribution in [3.63, 3.8) is 0 Å². The van der Waals surface area contributed by atoms with Crippen LogP contribution in [-0.4, -0.2) is 34.0 Å². The van der Waals surface area contributed by atoms with Crippen molar-refractivity contribution in [3.8, 4) is 0 Å². The molecule has 0 aliphatic rings. The Hall–Kier alpha value is -2.25. The Morgan fingerprint density at radius 3 is 2.00 bits per heavy atom. The molecule has 0 fully saturated rings. The van der Waals surface area contributed by atoms with Crippen molar-refractivity contribution in [1.82, 2.24) is 4.90 Å². The number of nitrogens with zero attached hydrogens (tertiary/aromatic N) is 1. The van der Waals surface area contributed by atoms with Crippen molar-refractivity contribution in [2.45, 2.75) is 38.7 Å². The van der Waals surface area contributed by atoms with Gasteiger partial charge in [-0.15, -0.1) is 13.2 Å². The fourth-order valence-corrected chi connectivity index (χ4v) is 1.70. The first-order valence-corrected chi connectivity index (χ1v) is 6.30. The molecule has 0 saturated carbocycles. The highest BCUT2D eigenvalue weighted by Gasteiger charge is 2.50. The maximum absolute atomic E-state index is 13.2. The molecule has 0 heterocycles. The van der Waals surface area contributed by atoms with Gasteiger partial charge >= 0.3 is 18.4 Å². The Bertz CT molecular complexity index is 537. The zero-order valence-electron chi connectivity index (χ0n) is 12.2. The van der Waals surface area contributed by atoms with Crippen LogP contribution in [0.2, 0.25) is 0 Å². The third-order valence-electron chi connectivity index (χ3n) is 2.47. The summed E-state index contributed by atoms with van der Waals surface area (Å²) in [7, 11) is 0. The highest BCUT2D eigenvalue weighted by atomic mass is 19.4. The average Bonchev–Trinajstić information content (AvgIpc) is 2.32. The minimum absolute atomic E-state index is 0.182. The number of halogens is 3. The molecule has 1 atom stereocenters. The number of ether oxygens (including phenoxy) is 1. The number of aliphatic carboxylic acids is 1. The van der Waals surface area contributed by atoms with Crippen LogP contribution in [0.25, 0.3) is 0 Å². The van der Waals surface area contributed by atoms with Crippen molar-refractivity contribution in [2.75, 3.05) is 0 Å². The summed E-state index contributed by atoms with van der Waals surface area (Å²) in [4.78, 5) is 22.4. The first kappa shape index (κ1) is 17.8. The Labute approximate surface area is 125 Å². The molecule has 1 amide bonds. The van der Waals surface area contributed by atoms with Gasteiger partial charge in [-0.3, -0.25) is 0 Å². The molecular formula is C14H16F3NO4. The molecule has 0 aromatic heterocycles. The maximum atomic E-state index is 13.2. The third-order valence-corrected chi connectivity index (χ3v) is 2.47. The van der Waals surface area contributed by atoms with E-state index in [4.69, 9.17) is 5.11 Å². The number of hydrogen-bond donors (Lipinski definition) is 1. The zero-order valence-corrected chi connectivity index (χ0v) is 12.2. The molecule has 0 bridgehead atoms. The van der Waals surface area contributed by atoms with E-state index in [2.05, 4.69) is 4.74 Å². The van der Waals surface area contributed by atoms with Gasteiger partial charge in [-0.05, 0) is 26.3 Å². The summed E-state index contributed by atoms with van der Waals surface area (Å²) in [5.41, 5.74) is -1.38. The SMILES string of the molecule is CC(C)(C)OC(=O)N(C(C(=O)O)c1ccccc1)C(F)(F)F. The molecule has 0 aliphatic carbocycles. The molecule has 1 rings (SSSR count). The van der Waals surface area contributed by atoms with Crippen LogP contribution in [0.4, 0.5) is 18.0 Å². The highest BCUT2D eigenvalue weighted by molar-refractivity contribution is 5.81. The number of carbonyl (C=O) groups is 2. The summed E-state index contributed by atoms with van der Waals surface area (Å²) in [5, 5.41) is 9.16. The van der Waals surface area contributed by atoms with E-state index in [1.807, 2.05) is 0 Å². The van der Waals surface area contributed by atoms with Gasteiger partial charge < -0.3 is 9.84 Å². The first-order chi connectivity index (χ1) is 9.93. The Balaban J connectivity index is 3.29. The molecule has 0 aliphatic heterocycles. The second-order valence-electron chi connectivity index (χ2n) is 5.47. The highest BCUT2D eigenvalue weighted by Crippen LogP contribution is 2.34. The topological polar surface area (TPSA) is 66.8 Å². The molecular weight excluding hydrogens is 303 g/mol. The Morgan fingerprint density at radius 2 is 1.64 bits per heavy atom. The number of carboxylic acids is 1. The van der Waals surface area contributed by atoms with E-state index in [0.29, 0.717) is 0 Å². The predicted molar refractivity (Wildman–Crippen MR) is 70.9 cm³/mol. The summed E-state index contributed by atoms with van der Waals surface area (Å²) in [6, 6.07) is 4.46. The number of amides is 1. The smallest absolute Gasteiger partial charge is 0.479 e. The van der Waals surface area contributed by atoms with Crippen molar-refractivity contribution in [3.05, 3.63) is 35.9 Å². The summed E-state index contributed by atoms with van der Waals surface area (Å²) in [5.74, 6) is -1.81. The van der Waals surface area contributed by atoms with Crippen LogP contribution < -0.4 is 0 Å². The van der Waals surface area contributed by atoms with Crippen LogP contribution in [0.15, 0.2) is 30.3 Å². The molecule has 8 heteroatoms. The second kappa shape index (κ2) is 6.25. The quantitative estimate of drug-likeness (QED) is 0.865. The van der Waals surface area contributed by atoms with E-state index < -0.39 is 34.9 Å². The van der Waals surface area contributed by atoms with Crippen molar-refractivity contribution in [1.29, 1.82) is 0 Å². The van der Waals surface area contributed by atoms with Crippen LogP contribution in [0, 0.1) is 0 Å². The monoisotopic (exact) mass is 319 g/mol. The Morgan fingerprint density at radius 1 is 1.14 bits per heavy atom. The van der Waals surface area contributed by atoms with Gasteiger partial charge in [0.15, 0.2) is 6.04 Å². The van der Waals surface area contributed by atoms with Gasteiger partial charge in [0.25, 0.3) is 0 Å². The van der Waals surface area contributed by atoms with Crippen LogP contribution in [0.3, 0.4) is 0 Å². The lowest BCUT2D eigenvalue weighted by Crippen LogP contribution is -2.49. The van der Waals surface area contributed by atoms with Crippen LogP contribution in [0.1, 0.15) is 32.4 Å². The minimum atomic E-state index is -5.21. The summed E-state index contributed by atoms with van der Waals surface area (Å²) in [6.45, 7) is 4.16. The molecule has 1 aromatic rings. The number of benzene rings is 1. The van der Waals surface area contributed by atoms with Crippen molar-refractivity contribution >= 4 is 12.1 Å². The average molecular weight is 319 g/mol. The molecule has 0 radical (unpaired) electrons. The largest absolute Gasteiger partial charge is 0.490 e. The van der Waals surface area contributed by atoms with Crippen molar-refractivity contribution < 1.29 is 32.6 Å². The molecule has 22 heavy (non-hydrogen) atoms. The van der Waals surface area contributed by atoms with E-state index in [9.17, 15) is 22.8 Å². The van der Waals surface area contributed by atoms with Crippen LogP contribution in [-0.2, 0) is 9.53 Å². The van der Waals surface area contributed by atoms with Crippen LogP contribution in [0.5, 0.6) is 0 Å². The van der Waals surface area contributed by atoms with Gasteiger partial charge in [0, 0.05) is 0 Å². The third kappa shape index (κ3) is 4.64. The van der Waals surface area contributed by atoms with Gasteiger partial charge in [-0.25, -0.2) is 14.5 Å². The van der Waals surface area contributed by atoms with Crippen LogP contribution >= 0.6 is 0 Å². The van der Waals surface area contributed by atoms with Gasteiger partial charge in [-0.2, -0.15) is 0 Å². The van der Waals surface area contributed by atoms with E-state index in [0.717, 1.165) is 0 Å². The zero-order chi connectivity index (χ0) is 17.1. The molecule has 122 valence electrons. The lowest BCUT2D eigenvalue weighted by Gasteiger charge is -2.32. The van der Waals surface area contributed by atoms with E-state index in [1.165, 1.54) is 51.1 Å². The van der Waals surface area contributed by atoms with Gasteiger partial charge in [0.05, 0.1) is 0 Å². The van der Waals surface area contributed by atoms with E-state index >= 15 is 0 Å². The van der Waals surface area contributed by atoms with Gasteiger partial charge in [-0.1, -0.05) is 30.3 Å². The number of carboxylic acid groups (broad SMARTS) is 1. The van der Waals surface area contributed by atoms with E-state index in [1.54, 1.807) is 0 Å². The number of hydrogen-bond acceptors (Lipinski definition) is 3. The lowest BCUT2D eigenvalue weighted by atomic mass is 10.1. The van der Waals surface area contributed by atoms with E-state index in [-0.39, 0.29) is 5.56 Å². The lowest BCUT2D eigenvalue weighted by molar-refractivity contribution is -0.247. The molecule has 5 nitrogen and oxygen atoms in total. The van der Waals surface area contributed by atoms with Gasteiger partial charge in [0.2, 0.25) is 0 Å². The standard InChI is InChI=1S/C14H16F3NO4/c1-13(2,3)22-12(21)18(14(15,16)17)10(11(19)20)9-7-5-4-6-8-9/h4-8,10H,1-3H3,(H,19,20). The second-order valence-corrected chi connectivity index (χ2v) is 5.47. The molecule has 1 aromatic carbocycles. The summed E-state index contributed by atoms with van der Waals surface area (Å²) in [6.07, 6.45) is -6.97. The normalized spacial score (nSPS) is 13.4. The van der Waals surface area contributed by atoms with Crippen molar-refractivity contribution in [2.24, 2.45) is 0 Å².